The fraction of sp³-hybridized carbons (Fsp3) is 0.579. The van der Waals surface area contributed by atoms with E-state index in [4.69, 9.17) is 0 Å². The van der Waals surface area contributed by atoms with Crippen LogP contribution in [0.1, 0.15) is 36.9 Å². The molecular formula is C19H29N5. The molecule has 0 saturated carbocycles. The van der Waals surface area contributed by atoms with Gasteiger partial charge in [0.05, 0.1) is 6.20 Å². The molecule has 130 valence electrons. The minimum absolute atomic E-state index is 0.480. The summed E-state index contributed by atoms with van der Waals surface area (Å²) < 4.78 is 1.92. The molecule has 0 N–H and O–H groups in total. The van der Waals surface area contributed by atoms with Crippen molar-refractivity contribution in [2.45, 2.75) is 32.4 Å². The molecule has 24 heavy (non-hydrogen) atoms. The van der Waals surface area contributed by atoms with Gasteiger partial charge in [0, 0.05) is 50.3 Å². The van der Waals surface area contributed by atoms with Crippen molar-refractivity contribution in [1.82, 2.24) is 24.6 Å². The Hall–Kier alpha value is -1.72. The Bertz CT molecular complexity index is 624. The number of rotatable bonds is 6. The van der Waals surface area contributed by atoms with E-state index in [1.165, 1.54) is 30.5 Å². The van der Waals surface area contributed by atoms with Gasteiger partial charge in [0.25, 0.3) is 0 Å². The summed E-state index contributed by atoms with van der Waals surface area (Å²) in [5, 5.41) is 4.41. The van der Waals surface area contributed by atoms with Gasteiger partial charge in [-0.3, -0.25) is 14.6 Å². The van der Waals surface area contributed by atoms with Crippen molar-refractivity contribution < 1.29 is 0 Å². The van der Waals surface area contributed by atoms with Crippen LogP contribution >= 0.6 is 0 Å². The molecule has 0 unspecified atom stereocenters. The first-order valence-electron chi connectivity index (χ1n) is 8.97. The Labute approximate surface area is 145 Å². The quantitative estimate of drug-likeness (QED) is 0.817. The number of piperidine rings is 1. The fourth-order valence-corrected chi connectivity index (χ4v) is 4.04. The minimum atomic E-state index is 0.480. The zero-order valence-corrected chi connectivity index (χ0v) is 15.1. The summed E-state index contributed by atoms with van der Waals surface area (Å²) in [5.41, 5.74) is 2.64. The van der Waals surface area contributed by atoms with Gasteiger partial charge in [-0.25, -0.2) is 0 Å². The third kappa shape index (κ3) is 4.02. The van der Waals surface area contributed by atoms with Gasteiger partial charge in [0.2, 0.25) is 0 Å². The molecule has 0 bridgehead atoms. The Kier molecular flexibility index (Phi) is 5.63. The van der Waals surface area contributed by atoms with E-state index >= 15 is 0 Å². The topological polar surface area (TPSA) is 37.2 Å². The molecule has 5 heteroatoms. The second-order valence-corrected chi connectivity index (χ2v) is 6.98. The molecule has 3 heterocycles. The number of nitrogens with zero attached hydrogens (tertiary/aromatic N) is 5. The maximum atomic E-state index is 4.41. The van der Waals surface area contributed by atoms with Gasteiger partial charge in [-0.15, -0.1) is 0 Å². The average Bonchev–Trinajstić information content (AvgIpc) is 3.01. The average molecular weight is 327 g/mol. The van der Waals surface area contributed by atoms with Crippen molar-refractivity contribution in [1.29, 1.82) is 0 Å². The zero-order chi connectivity index (χ0) is 16.9. The maximum Gasteiger partial charge on any atom is 0.0537 e. The molecule has 0 aliphatic carbocycles. The number of pyridine rings is 1. The first-order valence-corrected chi connectivity index (χ1v) is 8.97. The molecule has 1 fully saturated rings. The van der Waals surface area contributed by atoms with E-state index < -0.39 is 0 Å². The van der Waals surface area contributed by atoms with Crippen LogP contribution in [0.3, 0.4) is 0 Å². The van der Waals surface area contributed by atoms with E-state index in [0.717, 1.165) is 19.6 Å². The number of aryl methyl sites for hydroxylation is 1. The van der Waals surface area contributed by atoms with Crippen LogP contribution in [0.4, 0.5) is 0 Å². The van der Waals surface area contributed by atoms with Gasteiger partial charge in [-0.05, 0) is 50.5 Å². The summed E-state index contributed by atoms with van der Waals surface area (Å²) >= 11 is 0. The summed E-state index contributed by atoms with van der Waals surface area (Å²) in [6.07, 6.45) is 10.6. The largest absolute Gasteiger partial charge is 0.302 e. The van der Waals surface area contributed by atoms with Gasteiger partial charge in [0.15, 0.2) is 0 Å². The highest BCUT2D eigenvalue weighted by Gasteiger charge is 2.33. The van der Waals surface area contributed by atoms with Crippen molar-refractivity contribution in [3.8, 4) is 0 Å². The van der Waals surface area contributed by atoms with Crippen molar-refractivity contribution in [2.24, 2.45) is 13.0 Å². The van der Waals surface area contributed by atoms with E-state index in [-0.39, 0.29) is 0 Å². The summed E-state index contributed by atoms with van der Waals surface area (Å²) in [5.74, 6) is 0.643. The molecule has 3 rings (SSSR count). The molecule has 1 aliphatic heterocycles. The number of aromatic nitrogens is 3. The highest BCUT2D eigenvalue weighted by molar-refractivity contribution is 5.14. The predicted molar refractivity (Wildman–Crippen MR) is 96.5 cm³/mol. The molecule has 5 nitrogen and oxygen atoms in total. The fourth-order valence-electron chi connectivity index (χ4n) is 4.04. The molecule has 1 saturated heterocycles. The van der Waals surface area contributed by atoms with Crippen LogP contribution in [-0.4, -0.2) is 51.2 Å². The third-order valence-electron chi connectivity index (χ3n) is 5.05. The van der Waals surface area contributed by atoms with Crippen molar-refractivity contribution in [2.75, 3.05) is 26.7 Å². The van der Waals surface area contributed by atoms with Crippen LogP contribution < -0.4 is 0 Å². The molecule has 0 aromatic carbocycles. The number of hydrogen-bond acceptors (Lipinski definition) is 4. The second-order valence-electron chi connectivity index (χ2n) is 6.98. The Morgan fingerprint density at radius 1 is 1.33 bits per heavy atom. The van der Waals surface area contributed by atoms with Gasteiger partial charge >= 0.3 is 0 Å². The molecule has 1 aliphatic rings. The van der Waals surface area contributed by atoms with Gasteiger partial charge < -0.3 is 4.90 Å². The van der Waals surface area contributed by atoms with Crippen molar-refractivity contribution in [3.63, 3.8) is 0 Å². The van der Waals surface area contributed by atoms with Gasteiger partial charge in [-0.1, -0.05) is 13.0 Å². The Balaban J connectivity index is 1.71. The highest BCUT2D eigenvalue weighted by atomic mass is 15.3. The van der Waals surface area contributed by atoms with E-state index in [1.54, 1.807) is 0 Å². The van der Waals surface area contributed by atoms with Crippen LogP contribution in [0.5, 0.6) is 0 Å². The molecule has 2 aromatic rings. The molecule has 2 aromatic heterocycles. The summed E-state index contributed by atoms with van der Waals surface area (Å²) in [6, 6.07) is 4.65. The maximum absolute atomic E-state index is 4.41. The normalized spacial score (nSPS) is 22.2. The van der Waals surface area contributed by atoms with Crippen LogP contribution in [0, 0.1) is 5.92 Å². The first kappa shape index (κ1) is 17.1. The Morgan fingerprint density at radius 2 is 2.21 bits per heavy atom. The van der Waals surface area contributed by atoms with Crippen LogP contribution in [0.15, 0.2) is 36.9 Å². The Morgan fingerprint density at radius 3 is 2.88 bits per heavy atom. The number of hydrogen-bond donors (Lipinski definition) is 0. The van der Waals surface area contributed by atoms with Crippen molar-refractivity contribution in [3.05, 3.63) is 48.0 Å². The van der Waals surface area contributed by atoms with Gasteiger partial charge in [-0.2, -0.15) is 5.10 Å². The highest BCUT2D eigenvalue weighted by Crippen LogP contribution is 2.36. The summed E-state index contributed by atoms with van der Waals surface area (Å²) in [4.78, 5) is 9.28. The molecule has 0 radical (unpaired) electrons. The van der Waals surface area contributed by atoms with E-state index in [2.05, 4.69) is 46.1 Å². The molecule has 2 atom stereocenters. The zero-order valence-electron chi connectivity index (χ0n) is 15.1. The van der Waals surface area contributed by atoms with Crippen LogP contribution in [0.2, 0.25) is 0 Å². The lowest BCUT2D eigenvalue weighted by atomic mass is 9.85. The predicted octanol–water partition coefficient (Wildman–Crippen LogP) is 2.72. The van der Waals surface area contributed by atoms with E-state index in [9.17, 15) is 0 Å². The molecular weight excluding hydrogens is 298 g/mol. The standard InChI is InChI=1S/C19H29N5/c1-4-24-10-6-8-17(19(24)18-12-21-23(3)15-18)14-22(2)13-16-7-5-9-20-11-16/h5,7,9,11-12,15,17,19H,4,6,8,10,13-14H2,1-3H3/t17-,19+/m0/s1. The van der Waals surface area contributed by atoms with Crippen LogP contribution in [0.25, 0.3) is 0 Å². The SMILES string of the molecule is CCN1CCC[C@@H](CN(C)Cc2cccnc2)[C@@H]1c1cnn(C)c1. The van der Waals surface area contributed by atoms with E-state index in [1.807, 2.05) is 36.4 Å². The number of likely N-dealkylation sites (tertiary alicyclic amines) is 1. The lowest BCUT2D eigenvalue weighted by Gasteiger charge is -2.42. The smallest absolute Gasteiger partial charge is 0.0537 e. The molecule has 0 amide bonds. The third-order valence-corrected chi connectivity index (χ3v) is 5.05. The lowest BCUT2D eigenvalue weighted by molar-refractivity contribution is 0.0749. The first-order chi connectivity index (χ1) is 11.7. The minimum Gasteiger partial charge on any atom is -0.302 e. The molecule has 0 spiro atoms. The van der Waals surface area contributed by atoms with Crippen molar-refractivity contribution >= 4 is 0 Å². The van der Waals surface area contributed by atoms with E-state index in [0.29, 0.717) is 12.0 Å². The monoisotopic (exact) mass is 327 g/mol. The lowest BCUT2D eigenvalue weighted by Crippen LogP contribution is -2.42. The van der Waals surface area contributed by atoms with Gasteiger partial charge in [0.1, 0.15) is 0 Å². The summed E-state index contributed by atoms with van der Waals surface area (Å²) in [7, 11) is 4.23. The second kappa shape index (κ2) is 7.90. The van der Waals surface area contributed by atoms with Crippen LogP contribution in [-0.2, 0) is 13.6 Å². The summed E-state index contributed by atoms with van der Waals surface area (Å²) in [6.45, 7) is 6.62.